The van der Waals surface area contributed by atoms with E-state index in [0.717, 1.165) is 22.5 Å². The van der Waals surface area contributed by atoms with Crippen LogP contribution in [-0.4, -0.2) is 10.5 Å². The molecule has 1 unspecified atom stereocenters. The van der Waals surface area contributed by atoms with E-state index in [-0.39, 0.29) is 17.0 Å². The van der Waals surface area contributed by atoms with E-state index in [4.69, 9.17) is 23.1 Å². The third-order valence-corrected chi connectivity index (χ3v) is 6.47. The average molecular weight is 449 g/mol. The summed E-state index contributed by atoms with van der Waals surface area (Å²) in [4.78, 5) is 25.7. The number of aromatic nitrogens is 1. The van der Waals surface area contributed by atoms with Gasteiger partial charge in [-0.05, 0) is 36.3 Å². The second kappa shape index (κ2) is 7.91. The molecule has 0 spiro atoms. The lowest BCUT2D eigenvalue weighted by molar-refractivity contribution is -0.113. The highest BCUT2D eigenvalue weighted by Gasteiger charge is 2.34. The highest BCUT2D eigenvalue weighted by atomic mass is 35.5. The molecule has 4 N–H and O–H groups in total. The van der Waals surface area contributed by atoms with E-state index >= 15 is 0 Å². The molecule has 1 atom stereocenters. The normalized spacial score (nSPS) is 16.2. The molecule has 1 aromatic heterocycles. The summed E-state index contributed by atoms with van der Waals surface area (Å²) in [6.45, 7) is 1.97. The number of aryl methyl sites for hydroxylation is 1. The van der Waals surface area contributed by atoms with Crippen molar-refractivity contribution in [3.05, 3.63) is 95.4 Å². The quantitative estimate of drug-likeness (QED) is 0.635. The molecule has 2 heterocycles. The summed E-state index contributed by atoms with van der Waals surface area (Å²) < 4.78 is 1.91. The van der Waals surface area contributed by atoms with Gasteiger partial charge in [0.25, 0.3) is 5.56 Å². The second-order valence-corrected chi connectivity index (χ2v) is 8.61. The van der Waals surface area contributed by atoms with E-state index in [1.807, 2.05) is 31.2 Å². The Morgan fingerprint density at radius 1 is 1.19 bits per heavy atom. The zero-order valence-corrected chi connectivity index (χ0v) is 18.0. The van der Waals surface area contributed by atoms with E-state index in [0.29, 0.717) is 19.8 Å². The summed E-state index contributed by atoms with van der Waals surface area (Å²) >= 11 is 7.12. The molecule has 31 heavy (non-hydrogen) atoms. The smallest absolute Gasteiger partial charge is 0.274 e. The zero-order valence-electron chi connectivity index (χ0n) is 16.4. The predicted molar refractivity (Wildman–Crippen MR) is 122 cm³/mol. The molecule has 4 rings (SSSR count). The van der Waals surface area contributed by atoms with Crippen LogP contribution in [0.4, 0.5) is 0 Å². The Labute approximate surface area is 186 Å². The van der Waals surface area contributed by atoms with Crippen molar-refractivity contribution in [3.8, 4) is 6.07 Å². The number of carbonyl (C=O) groups excluding carboxylic acids is 1. The molecule has 3 aromatic rings. The SMILES string of the molecule is Cc1ccc(/C=c2/sc3n(c2=O)C(N)=C(C#N)C(c2ccc(Cl)cc2)C=3C(N)=O)cc1. The first-order valence-corrected chi connectivity index (χ1v) is 10.5. The van der Waals surface area contributed by atoms with E-state index in [2.05, 4.69) is 6.07 Å². The molecule has 1 aliphatic heterocycles. The van der Waals surface area contributed by atoms with E-state index in [9.17, 15) is 14.9 Å². The first-order chi connectivity index (χ1) is 14.8. The molecule has 0 saturated heterocycles. The van der Waals surface area contributed by atoms with Crippen molar-refractivity contribution in [2.75, 3.05) is 0 Å². The summed E-state index contributed by atoms with van der Waals surface area (Å²) in [6.07, 6.45) is 1.73. The average Bonchev–Trinajstić information content (AvgIpc) is 3.06. The lowest BCUT2D eigenvalue weighted by Gasteiger charge is -2.24. The van der Waals surface area contributed by atoms with Crippen molar-refractivity contribution in [1.82, 2.24) is 4.57 Å². The van der Waals surface area contributed by atoms with Crippen molar-refractivity contribution in [1.29, 1.82) is 5.26 Å². The number of nitriles is 1. The van der Waals surface area contributed by atoms with Crippen LogP contribution in [0.1, 0.15) is 22.6 Å². The molecule has 2 aromatic carbocycles. The van der Waals surface area contributed by atoms with Gasteiger partial charge < -0.3 is 11.5 Å². The topological polar surface area (TPSA) is 115 Å². The minimum Gasteiger partial charge on any atom is -0.384 e. The number of primary amides is 1. The van der Waals surface area contributed by atoms with Crippen LogP contribution in [0.25, 0.3) is 17.5 Å². The van der Waals surface area contributed by atoms with Crippen LogP contribution in [-0.2, 0) is 4.79 Å². The Hall–Kier alpha value is -3.60. The third-order valence-electron chi connectivity index (χ3n) is 5.11. The van der Waals surface area contributed by atoms with Crippen LogP contribution >= 0.6 is 22.9 Å². The van der Waals surface area contributed by atoms with Crippen LogP contribution in [0.2, 0.25) is 5.02 Å². The lowest BCUT2D eigenvalue weighted by atomic mass is 9.83. The molecule has 1 aliphatic rings. The maximum atomic E-state index is 13.1. The maximum Gasteiger partial charge on any atom is 0.274 e. The molecular formula is C23H17ClN4O2S. The van der Waals surface area contributed by atoms with Gasteiger partial charge in [0.15, 0.2) is 0 Å². The number of halogens is 1. The second-order valence-electron chi connectivity index (χ2n) is 7.14. The molecule has 0 bridgehead atoms. The minimum absolute atomic E-state index is 0.00717. The van der Waals surface area contributed by atoms with Crippen molar-refractivity contribution < 1.29 is 4.79 Å². The zero-order chi connectivity index (χ0) is 22.3. The van der Waals surface area contributed by atoms with Crippen molar-refractivity contribution >= 4 is 46.3 Å². The molecule has 0 fully saturated rings. The number of benzene rings is 2. The Bertz CT molecular complexity index is 1460. The molecule has 8 heteroatoms. The highest BCUT2D eigenvalue weighted by molar-refractivity contribution is 7.07. The van der Waals surface area contributed by atoms with Gasteiger partial charge in [-0.25, -0.2) is 0 Å². The standard InChI is InChI=1S/C23H17ClN4O2S/c1-12-2-4-13(5-3-12)10-17-22(30)28-20(26)16(11-25)18(14-6-8-15(24)9-7-14)19(21(27)29)23(28)31-17/h2-10,18H,26H2,1H3,(H2,27,29)/b17-10+. The fraction of sp³-hybridized carbons (Fsp3) is 0.0870. The fourth-order valence-corrected chi connectivity index (χ4v) is 4.90. The van der Waals surface area contributed by atoms with E-state index in [1.165, 1.54) is 4.57 Å². The maximum absolute atomic E-state index is 13.1. The summed E-state index contributed by atoms with van der Waals surface area (Å²) in [6, 6.07) is 16.5. The summed E-state index contributed by atoms with van der Waals surface area (Å²) in [5, 5.41) is 10.3. The minimum atomic E-state index is -0.787. The van der Waals surface area contributed by atoms with Crippen molar-refractivity contribution in [2.24, 2.45) is 11.5 Å². The predicted octanol–water partition coefficient (Wildman–Crippen LogP) is 1.78. The van der Waals surface area contributed by atoms with Gasteiger partial charge in [-0.2, -0.15) is 5.26 Å². The van der Waals surface area contributed by atoms with Gasteiger partial charge in [0.2, 0.25) is 5.91 Å². The van der Waals surface area contributed by atoms with Gasteiger partial charge in [-0.3, -0.25) is 14.2 Å². The number of amides is 1. The number of carbonyl (C=O) groups is 1. The molecular weight excluding hydrogens is 432 g/mol. The lowest BCUT2D eigenvalue weighted by Crippen LogP contribution is -2.41. The van der Waals surface area contributed by atoms with Gasteiger partial charge in [0, 0.05) is 5.02 Å². The number of hydrogen-bond acceptors (Lipinski definition) is 5. The Morgan fingerprint density at radius 2 is 1.84 bits per heavy atom. The van der Waals surface area contributed by atoms with Crippen LogP contribution in [0, 0.1) is 18.3 Å². The monoisotopic (exact) mass is 448 g/mol. The number of fused-ring (bicyclic) bond motifs is 1. The third kappa shape index (κ3) is 3.56. The number of rotatable bonds is 3. The molecule has 1 amide bonds. The van der Waals surface area contributed by atoms with Gasteiger partial charge >= 0.3 is 0 Å². The fourth-order valence-electron chi connectivity index (χ4n) is 3.59. The van der Waals surface area contributed by atoms with Crippen LogP contribution < -0.4 is 26.2 Å². The highest BCUT2D eigenvalue weighted by Crippen LogP contribution is 2.36. The number of thiazole rings is 1. The molecule has 0 saturated carbocycles. The summed E-state index contributed by atoms with van der Waals surface area (Å²) in [5.74, 6) is -1.52. The molecule has 0 radical (unpaired) electrons. The Morgan fingerprint density at radius 3 is 2.42 bits per heavy atom. The Kier molecular flexibility index (Phi) is 5.27. The van der Waals surface area contributed by atoms with Gasteiger partial charge in [0.05, 0.1) is 27.7 Å². The van der Waals surface area contributed by atoms with E-state index in [1.54, 1.807) is 30.3 Å². The Balaban J connectivity index is 2.07. The molecule has 0 aliphatic carbocycles. The first-order valence-electron chi connectivity index (χ1n) is 9.31. The summed E-state index contributed by atoms with van der Waals surface area (Å²) in [7, 11) is 0. The van der Waals surface area contributed by atoms with Crippen molar-refractivity contribution in [3.63, 3.8) is 0 Å². The number of hydrogen-bond donors (Lipinski definition) is 2. The number of nitrogens with two attached hydrogens (primary N) is 2. The van der Waals surface area contributed by atoms with Crippen LogP contribution in [0.5, 0.6) is 0 Å². The van der Waals surface area contributed by atoms with Crippen LogP contribution in [0.3, 0.4) is 0 Å². The summed E-state index contributed by atoms with van der Waals surface area (Å²) in [5.41, 5.74) is 14.4. The van der Waals surface area contributed by atoms with Gasteiger partial charge in [0.1, 0.15) is 10.5 Å². The van der Waals surface area contributed by atoms with Gasteiger partial charge in [-0.1, -0.05) is 53.6 Å². The number of allylic oxidation sites excluding steroid dienone is 1. The van der Waals surface area contributed by atoms with Crippen molar-refractivity contribution in [2.45, 2.75) is 12.8 Å². The van der Waals surface area contributed by atoms with Gasteiger partial charge in [-0.15, -0.1) is 11.3 Å². The largest absolute Gasteiger partial charge is 0.384 e. The molecule has 6 nitrogen and oxygen atoms in total. The van der Waals surface area contributed by atoms with Crippen LogP contribution in [0.15, 0.2) is 58.9 Å². The number of nitrogens with zero attached hydrogens (tertiary/aromatic N) is 2. The molecule has 154 valence electrons. The first kappa shape index (κ1) is 20.7. The van der Waals surface area contributed by atoms with E-state index < -0.39 is 17.4 Å².